The number of ether oxygens (including phenoxy) is 1. The van der Waals surface area contributed by atoms with Gasteiger partial charge < -0.3 is 10.5 Å². The fourth-order valence-electron chi connectivity index (χ4n) is 1.58. The van der Waals surface area contributed by atoms with Gasteiger partial charge in [0.2, 0.25) is 0 Å². The van der Waals surface area contributed by atoms with E-state index in [2.05, 4.69) is 31.9 Å². The predicted molar refractivity (Wildman–Crippen MR) is 77.8 cm³/mol. The zero-order valence-corrected chi connectivity index (χ0v) is 13.0. The lowest BCUT2D eigenvalue weighted by Crippen LogP contribution is -2.07. The second-order valence-electron chi connectivity index (χ2n) is 3.96. The molecule has 0 aromatic heterocycles. The van der Waals surface area contributed by atoms with Gasteiger partial charge in [0.05, 0.1) is 5.56 Å². The van der Waals surface area contributed by atoms with Gasteiger partial charge in [-0.15, -0.1) is 0 Å². The third kappa shape index (κ3) is 3.67. The molecule has 0 radical (unpaired) electrons. The van der Waals surface area contributed by atoms with Crippen molar-refractivity contribution in [3.05, 3.63) is 50.9 Å². The van der Waals surface area contributed by atoms with Crippen LogP contribution in [0.25, 0.3) is 0 Å². The first-order chi connectivity index (χ1) is 9.25. The summed E-state index contributed by atoms with van der Waals surface area (Å²) in [6.07, 6.45) is -4.50. The number of hydrogen-bond acceptors (Lipinski definition) is 2. The maximum atomic E-state index is 13.0. The van der Waals surface area contributed by atoms with Crippen molar-refractivity contribution in [2.24, 2.45) is 0 Å². The molecule has 0 aliphatic carbocycles. The molecule has 0 bridgehead atoms. The maximum absolute atomic E-state index is 13.0. The third-order valence-corrected chi connectivity index (χ3v) is 3.32. The molecule has 106 valence electrons. The highest BCUT2D eigenvalue weighted by Gasteiger charge is 2.34. The summed E-state index contributed by atoms with van der Waals surface area (Å²) in [6.45, 7) is 0. The zero-order valence-electron chi connectivity index (χ0n) is 9.84. The fourth-order valence-corrected chi connectivity index (χ4v) is 2.43. The number of nitrogens with two attached hydrogens (primary N) is 1. The van der Waals surface area contributed by atoms with Gasteiger partial charge in [-0.3, -0.25) is 0 Å². The fraction of sp³-hybridized carbons (Fsp3) is 0.0769. The number of hydrogen-bond donors (Lipinski definition) is 1. The summed E-state index contributed by atoms with van der Waals surface area (Å²) in [5.74, 6) is -0.0529. The van der Waals surface area contributed by atoms with Crippen molar-refractivity contribution in [1.29, 1.82) is 0 Å². The Hall–Kier alpha value is -1.21. The lowest BCUT2D eigenvalue weighted by atomic mass is 10.2. The van der Waals surface area contributed by atoms with E-state index < -0.39 is 11.7 Å². The van der Waals surface area contributed by atoms with Crippen molar-refractivity contribution in [2.75, 3.05) is 5.73 Å². The standard InChI is InChI=1S/C13H8Br2F3NO/c14-7-1-2-12(11(5-7)13(16,17)18)20-10-4-8(15)3-9(19)6-10/h1-6H,19H2. The zero-order chi connectivity index (χ0) is 14.9. The van der Waals surface area contributed by atoms with Gasteiger partial charge in [-0.1, -0.05) is 31.9 Å². The molecule has 0 fully saturated rings. The molecule has 0 spiro atoms. The van der Waals surface area contributed by atoms with Gasteiger partial charge in [0.25, 0.3) is 0 Å². The molecule has 0 aliphatic heterocycles. The van der Waals surface area contributed by atoms with Crippen molar-refractivity contribution in [3.63, 3.8) is 0 Å². The lowest BCUT2D eigenvalue weighted by Gasteiger charge is -2.14. The Labute approximate surface area is 130 Å². The van der Waals surface area contributed by atoms with Crippen molar-refractivity contribution >= 4 is 37.5 Å². The summed E-state index contributed by atoms with van der Waals surface area (Å²) in [6, 6.07) is 8.32. The number of anilines is 1. The van der Waals surface area contributed by atoms with E-state index in [0.717, 1.165) is 6.07 Å². The molecular formula is C13H8Br2F3NO. The molecule has 0 unspecified atom stereocenters. The molecule has 2 N–H and O–H groups in total. The van der Waals surface area contributed by atoms with Crippen molar-refractivity contribution < 1.29 is 17.9 Å². The quantitative estimate of drug-likeness (QED) is 0.653. The van der Waals surface area contributed by atoms with Crippen LogP contribution in [-0.4, -0.2) is 0 Å². The minimum atomic E-state index is -4.50. The Morgan fingerprint density at radius 2 is 1.65 bits per heavy atom. The molecular weight excluding hydrogens is 403 g/mol. The van der Waals surface area contributed by atoms with Crippen molar-refractivity contribution in [1.82, 2.24) is 0 Å². The van der Waals surface area contributed by atoms with E-state index in [-0.39, 0.29) is 11.5 Å². The Morgan fingerprint density at radius 3 is 2.25 bits per heavy atom. The van der Waals surface area contributed by atoms with Gasteiger partial charge in [-0.05, 0) is 30.3 Å². The summed E-state index contributed by atoms with van der Waals surface area (Å²) in [5.41, 5.74) is 5.15. The molecule has 0 aliphatic rings. The second-order valence-corrected chi connectivity index (χ2v) is 5.79. The van der Waals surface area contributed by atoms with Crippen LogP contribution < -0.4 is 10.5 Å². The first-order valence-corrected chi connectivity index (χ1v) is 6.95. The molecule has 2 aromatic rings. The van der Waals surface area contributed by atoms with Crippen LogP contribution in [0.2, 0.25) is 0 Å². The highest BCUT2D eigenvalue weighted by molar-refractivity contribution is 9.10. The molecule has 0 saturated heterocycles. The number of rotatable bonds is 2. The van der Waals surface area contributed by atoms with Gasteiger partial charge in [0.15, 0.2) is 0 Å². The predicted octanol–water partition coefficient (Wildman–Crippen LogP) is 5.60. The van der Waals surface area contributed by atoms with E-state index >= 15 is 0 Å². The summed E-state index contributed by atoms with van der Waals surface area (Å²) >= 11 is 6.22. The van der Waals surface area contributed by atoms with E-state index in [0.29, 0.717) is 14.6 Å². The number of alkyl halides is 3. The van der Waals surface area contributed by atoms with Crippen molar-refractivity contribution in [3.8, 4) is 11.5 Å². The van der Waals surface area contributed by atoms with E-state index in [4.69, 9.17) is 10.5 Å². The second kappa shape index (κ2) is 5.65. The SMILES string of the molecule is Nc1cc(Br)cc(Oc2ccc(Br)cc2C(F)(F)F)c1. The Bertz CT molecular complexity index is 624. The van der Waals surface area contributed by atoms with Crippen LogP contribution in [0, 0.1) is 0 Å². The first-order valence-electron chi connectivity index (χ1n) is 5.36. The summed E-state index contributed by atoms with van der Waals surface area (Å²) < 4.78 is 45.1. The Morgan fingerprint density at radius 1 is 0.950 bits per heavy atom. The third-order valence-electron chi connectivity index (χ3n) is 2.37. The highest BCUT2D eigenvalue weighted by atomic mass is 79.9. The lowest BCUT2D eigenvalue weighted by molar-refractivity contribution is -0.138. The van der Waals surface area contributed by atoms with Gasteiger partial charge in [-0.2, -0.15) is 13.2 Å². The number of benzene rings is 2. The van der Waals surface area contributed by atoms with E-state index in [1.165, 1.54) is 18.2 Å². The van der Waals surface area contributed by atoms with E-state index in [1.807, 2.05) is 0 Å². The Kier molecular flexibility index (Phi) is 4.29. The van der Waals surface area contributed by atoms with Gasteiger partial charge in [0, 0.05) is 20.7 Å². The van der Waals surface area contributed by atoms with Gasteiger partial charge >= 0.3 is 6.18 Å². The number of nitrogen functional groups attached to an aromatic ring is 1. The van der Waals surface area contributed by atoms with Crippen LogP contribution in [0.3, 0.4) is 0 Å². The summed E-state index contributed by atoms with van der Waals surface area (Å²) in [5, 5.41) is 0. The number of halogens is 5. The van der Waals surface area contributed by atoms with E-state index in [9.17, 15) is 13.2 Å². The maximum Gasteiger partial charge on any atom is 0.420 e. The molecule has 0 saturated carbocycles. The minimum absolute atomic E-state index is 0.227. The Balaban J connectivity index is 2.43. The monoisotopic (exact) mass is 409 g/mol. The van der Waals surface area contributed by atoms with Crippen LogP contribution in [0.5, 0.6) is 11.5 Å². The average molecular weight is 411 g/mol. The largest absolute Gasteiger partial charge is 0.457 e. The van der Waals surface area contributed by atoms with Crippen LogP contribution in [0.4, 0.5) is 18.9 Å². The van der Waals surface area contributed by atoms with Gasteiger partial charge in [-0.25, -0.2) is 0 Å². The average Bonchev–Trinajstić information content (AvgIpc) is 2.28. The molecule has 20 heavy (non-hydrogen) atoms. The van der Waals surface area contributed by atoms with Crippen molar-refractivity contribution in [2.45, 2.75) is 6.18 Å². The molecule has 0 atom stereocenters. The van der Waals surface area contributed by atoms with Crippen LogP contribution >= 0.6 is 31.9 Å². The van der Waals surface area contributed by atoms with E-state index in [1.54, 1.807) is 12.1 Å². The van der Waals surface area contributed by atoms with Gasteiger partial charge in [0.1, 0.15) is 11.5 Å². The smallest absolute Gasteiger partial charge is 0.420 e. The molecule has 2 nitrogen and oxygen atoms in total. The molecule has 0 heterocycles. The molecule has 7 heteroatoms. The molecule has 2 aromatic carbocycles. The van der Waals surface area contributed by atoms with Crippen LogP contribution in [-0.2, 0) is 6.18 Å². The van der Waals surface area contributed by atoms with Crippen LogP contribution in [0.15, 0.2) is 45.3 Å². The molecule has 2 rings (SSSR count). The normalized spacial score (nSPS) is 11.4. The van der Waals surface area contributed by atoms with Crippen LogP contribution in [0.1, 0.15) is 5.56 Å². The molecule has 0 amide bonds. The summed E-state index contributed by atoms with van der Waals surface area (Å²) in [4.78, 5) is 0. The first kappa shape index (κ1) is 15.2. The minimum Gasteiger partial charge on any atom is -0.457 e. The topological polar surface area (TPSA) is 35.2 Å². The highest BCUT2D eigenvalue weighted by Crippen LogP contribution is 2.40. The summed E-state index contributed by atoms with van der Waals surface area (Å²) in [7, 11) is 0.